The monoisotopic (exact) mass is 270 g/mol. The van der Waals surface area contributed by atoms with Crippen LogP contribution in [0.4, 0.5) is 4.39 Å². The van der Waals surface area contributed by atoms with Gasteiger partial charge in [-0.2, -0.15) is 0 Å². The summed E-state index contributed by atoms with van der Waals surface area (Å²) in [6, 6.07) is 14.6. The van der Waals surface area contributed by atoms with Gasteiger partial charge < -0.3 is 10.1 Å². The molecule has 0 fully saturated rings. The van der Waals surface area contributed by atoms with Crippen molar-refractivity contribution in [3.8, 4) is 5.75 Å². The zero-order chi connectivity index (χ0) is 13.8. The van der Waals surface area contributed by atoms with Gasteiger partial charge in [0.15, 0.2) is 0 Å². The molecule has 4 heteroatoms. The first-order valence-corrected chi connectivity index (χ1v) is 6.58. The van der Waals surface area contributed by atoms with Crippen LogP contribution in [-0.2, 0) is 6.61 Å². The topological polar surface area (TPSA) is 33.6 Å². The fraction of sp³-hybridized carbons (Fsp3) is 0.188. The van der Waals surface area contributed by atoms with Crippen molar-refractivity contribution in [2.75, 3.05) is 13.1 Å². The van der Waals surface area contributed by atoms with Gasteiger partial charge in [-0.3, -0.25) is 4.99 Å². The Morgan fingerprint density at radius 3 is 2.70 bits per heavy atom. The summed E-state index contributed by atoms with van der Waals surface area (Å²) in [5, 5.41) is 3.08. The molecule has 0 unspecified atom stereocenters. The number of aliphatic imine (C=N–C) groups is 1. The van der Waals surface area contributed by atoms with E-state index in [4.69, 9.17) is 4.74 Å². The fourth-order valence-electron chi connectivity index (χ4n) is 2.16. The molecule has 1 N–H and O–H groups in total. The Morgan fingerprint density at radius 1 is 1.10 bits per heavy atom. The van der Waals surface area contributed by atoms with Crippen LogP contribution in [0, 0.1) is 5.82 Å². The molecule has 2 aromatic rings. The molecular weight excluding hydrogens is 255 g/mol. The zero-order valence-corrected chi connectivity index (χ0v) is 11.0. The minimum Gasteiger partial charge on any atom is -0.488 e. The van der Waals surface area contributed by atoms with E-state index in [9.17, 15) is 4.39 Å². The van der Waals surface area contributed by atoms with E-state index in [1.807, 2.05) is 30.3 Å². The second-order valence-corrected chi connectivity index (χ2v) is 4.54. The number of amidine groups is 1. The Labute approximate surface area is 117 Å². The fourth-order valence-corrected chi connectivity index (χ4v) is 2.16. The van der Waals surface area contributed by atoms with Crippen LogP contribution < -0.4 is 10.1 Å². The van der Waals surface area contributed by atoms with Crippen molar-refractivity contribution in [3.05, 3.63) is 65.5 Å². The summed E-state index contributed by atoms with van der Waals surface area (Å²) in [6.45, 7) is 1.81. The highest BCUT2D eigenvalue weighted by Crippen LogP contribution is 2.23. The number of nitrogens with one attached hydrogen (secondary N) is 1. The molecule has 20 heavy (non-hydrogen) atoms. The summed E-state index contributed by atoms with van der Waals surface area (Å²) in [4.78, 5) is 4.27. The average Bonchev–Trinajstić information content (AvgIpc) is 3.00. The molecule has 102 valence electrons. The van der Waals surface area contributed by atoms with E-state index in [-0.39, 0.29) is 5.82 Å². The van der Waals surface area contributed by atoms with Gasteiger partial charge in [-0.05, 0) is 17.7 Å². The van der Waals surface area contributed by atoms with E-state index >= 15 is 0 Å². The van der Waals surface area contributed by atoms with Crippen molar-refractivity contribution in [2.45, 2.75) is 6.61 Å². The van der Waals surface area contributed by atoms with Gasteiger partial charge in [0.05, 0.1) is 12.1 Å². The molecular formula is C16H15FN2O. The van der Waals surface area contributed by atoms with Gasteiger partial charge >= 0.3 is 0 Å². The van der Waals surface area contributed by atoms with Crippen LogP contribution in [-0.4, -0.2) is 18.9 Å². The Morgan fingerprint density at radius 2 is 1.95 bits per heavy atom. The Bertz CT molecular complexity index is 626. The molecule has 0 saturated heterocycles. The van der Waals surface area contributed by atoms with E-state index in [2.05, 4.69) is 10.3 Å². The Hall–Kier alpha value is -2.36. The number of rotatable bonds is 4. The summed E-state index contributed by atoms with van der Waals surface area (Å²) < 4.78 is 19.8. The number of benzene rings is 2. The van der Waals surface area contributed by atoms with E-state index < -0.39 is 0 Å². The van der Waals surface area contributed by atoms with E-state index in [1.165, 1.54) is 6.07 Å². The van der Waals surface area contributed by atoms with Crippen molar-refractivity contribution >= 4 is 5.84 Å². The molecule has 0 aliphatic carbocycles. The third kappa shape index (κ3) is 2.64. The number of ether oxygens (including phenoxy) is 1. The van der Waals surface area contributed by atoms with Crippen LogP contribution in [0.3, 0.4) is 0 Å². The average molecular weight is 270 g/mol. The minimum absolute atomic E-state index is 0.316. The summed E-state index contributed by atoms with van der Waals surface area (Å²) in [7, 11) is 0. The molecule has 0 amide bonds. The van der Waals surface area contributed by atoms with Crippen molar-refractivity contribution < 1.29 is 9.13 Å². The summed E-state index contributed by atoms with van der Waals surface area (Å²) in [5.74, 6) is 0.775. The highest BCUT2D eigenvalue weighted by Gasteiger charge is 2.18. The van der Waals surface area contributed by atoms with Crippen LogP contribution in [0.1, 0.15) is 11.1 Å². The molecule has 0 saturated carbocycles. The number of hydrogen-bond acceptors (Lipinski definition) is 3. The first kappa shape index (κ1) is 12.7. The van der Waals surface area contributed by atoms with Crippen LogP contribution in [0.5, 0.6) is 5.75 Å². The van der Waals surface area contributed by atoms with Gasteiger partial charge in [-0.15, -0.1) is 0 Å². The molecule has 0 atom stereocenters. The molecule has 3 rings (SSSR count). The van der Waals surface area contributed by atoms with Gasteiger partial charge in [-0.25, -0.2) is 4.39 Å². The normalized spacial score (nSPS) is 13.8. The highest BCUT2D eigenvalue weighted by atomic mass is 19.1. The molecule has 2 aromatic carbocycles. The van der Waals surface area contributed by atoms with Gasteiger partial charge in [0, 0.05) is 6.54 Å². The number of hydrogen-bond donors (Lipinski definition) is 1. The molecule has 1 aliphatic heterocycles. The van der Waals surface area contributed by atoms with Gasteiger partial charge in [0.25, 0.3) is 0 Å². The van der Waals surface area contributed by atoms with Crippen LogP contribution in [0.25, 0.3) is 0 Å². The maximum Gasteiger partial charge on any atom is 0.137 e. The molecule has 3 nitrogen and oxygen atoms in total. The molecule has 1 heterocycles. The molecule has 1 aliphatic rings. The third-order valence-electron chi connectivity index (χ3n) is 3.12. The van der Waals surface area contributed by atoms with Crippen LogP contribution in [0.2, 0.25) is 0 Å². The second kappa shape index (κ2) is 5.74. The predicted molar refractivity (Wildman–Crippen MR) is 76.6 cm³/mol. The van der Waals surface area contributed by atoms with E-state index in [0.29, 0.717) is 30.3 Å². The highest BCUT2D eigenvalue weighted by molar-refractivity contribution is 6.02. The maximum absolute atomic E-state index is 14.0. The molecule has 0 aromatic heterocycles. The summed E-state index contributed by atoms with van der Waals surface area (Å²) >= 11 is 0. The van der Waals surface area contributed by atoms with Crippen molar-refractivity contribution in [3.63, 3.8) is 0 Å². The van der Waals surface area contributed by atoms with Gasteiger partial charge in [0.2, 0.25) is 0 Å². The lowest BCUT2D eigenvalue weighted by molar-refractivity contribution is 0.304. The Balaban J connectivity index is 1.84. The van der Waals surface area contributed by atoms with Crippen molar-refractivity contribution in [1.82, 2.24) is 5.32 Å². The first-order chi connectivity index (χ1) is 9.84. The van der Waals surface area contributed by atoms with E-state index in [0.717, 1.165) is 12.1 Å². The zero-order valence-electron chi connectivity index (χ0n) is 11.0. The predicted octanol–water partition coefficient (Wildman–Crippen LogP) is 2.75. The van der Waals surface area contributed by atoms with Crippen LogP contribution in [0.15, 0.2) is 53.5 Å². The number of nitrogens with zero attached hydrogens (tertiary/aromatic N) is 1. The smallest absolute Gasteiger partial charge is 0.137 e. The first-order valence-electron chi connectivity index (χ1n) is 6.58. The molecule has 0 radical (unpaired) electrons. The molecule has 0 spiro atoms. The SMILES string of the molecule is Fc1cccc(OCc2ccccc2)c1C1=NCCN1. The lowest BCUT2D eigenvalue weighted by Gasteiger charge is -2.12. The Kier molecular flexibility index (Phi) is 3.63. The van der Waals surface area contributed by atoms with Crippen molar-refractivity contribution in [1.29, 1.82) is 0 Å². The summed E-state index contributed by atoms with van der Waals surface area (Å²) in [5.41, 5.74) is 1.46. The second-order valence-electron chi connectivity index (χ2n) is 4.54. The van der Waals surface area contributed by atoms with Crippen LogP contribution >= 0.6 is 0 Å². The lowest BCUT2D eigenvalue weighted by atomic mass is 10.1. The summed E-state index contributed by atoms with van der Waals surface area (Å²) in [6.07, 6.45) is 0. The largest absolute Gasteiger partial charge is 0.488 e. The standard InChI is InChI=1S/C16H15FN2O/c17-13-7-4-8-14(15(13)16-18-9-10-19-16)20-11-12-5-2-1-3-6-12/h1-8H,9-11H2,(H,18,19). The van der Waals surface area contributed by atoms with E-state index in [1.54, 1.807) is 12.1 Å². The molecule has 0 bridgehead atoms. The van der Waals surface area contributed by atoms with Gasteiger partial charge in [0.1, 0.15) is 24.0 Å². The third-order valence-corrected chi connectivity index (χ3v) is 3.12. The number of halogens is 1. The minimum atomic E-state index is -0.316. The van der Waals surface area contributed by atoms with Gasteiger partial charge in [-0.1, -0.05) is 36.4 Å². The maximum atomic E-state index is 14.0. The van der Waals surface area contributed by atoms with Crippen molar-refractivity contribution in [2.24, 2.45) is 4.99 Å². The lowest BCUT2D eigenvalue weighted by Crippen LogP contribution is -2.21. The quantitative estimate of drug-likeness (QED) is 0.926.